The van der Waals surface area contributed by atoms with Crippen LogP contribution in [0, 0.1) is 12.3 Å². The topological polar surface area (TPSA) is 17.1 Å². The summed E-state index contributed by atoms with van der Waals surface area (Å²) in [5.41, 5.74) is 1.76. The number of terminal acetylenes is 1. The largest absolute Gasteiger partial charge is 0.287 e. The normalized spacial score (nSPS) is 9.00. The van der Waals surface area contributed by atoms with Crippen LogP contribution in [0.15, 0.2) is 24.3 Å². The maximum Gasteiger partial charge on any atom is 0.190 e. The van der Waals surface area contributed by atoms with Crippen molar-refractivity contribution < 1.29 is 4.79 Å². The van der Waals surface area contributed by atoms with Gasteiger partial charge >= 0.3 is 0 Å². The van der Waals surface area contributed by atoms with Gasteiger partial charge in [-0.25, -0.2) is 0 Å². The molecule has 0 heterocycles. The third-order valence-electron chi connectivity index (χ3n) is 1.48. The lowest BCUT2D eigenvalue weighted by molar-refractivity contribution is -0.110. The maximum atomic E-state index is 10.6. The summed E-state index contributed by atoms with van der Waals surface area (Å²) in [6.07, 6.45) is 5.52. The maximum absolute atomic E-state index is 10.6. The van der Waals surface area contributed by atoms with Crippen molar-refractivity contribution in [2.24, 2.45) is 0 Å². The first-order chi connectivity index (χ1) is 5.72. The lowest BCUT2D eigenvalue weighted by Crippen LogP contribution is -1.92. The summed E-state index contributed by atoms with van der Waals surface area (Å²) in [5, 5.41) is -0.136. The van der Waals surface area contributed by atoms with Crippen molar-refractivity contribution in [1.29, 1.82) is 0 Å². The Kier molecular flexibility index (Phi) is 2.95. The second-order valence-corrected chi connectivity index (χ2v) is 2.91. The number of hydrogen-bond donors (Lipinski definition) is 1. The molecule has 60 valence electrons. The second-order valence-electron chi connectivity index (χ2n) is 2.41. The minimum Gasteiger partial charge on any atom is -0.287 e. The van der Waals surface area contributed by atoms with E-state index in [1.165, 1.54) is 0 Å². The van der Waals surface area contributed by atoms with Gasteiger partial charge in [0.05, 0.1) is 0 Å². The van der Waals surface area contributed by atoms with Crippen LogP contribution in [0.2, 0.25) is 0 Å². The van der Waals surface area contributed by atoms with E-state index in [4.69, 9.17) is 6.42 Å². The lowest BCUT2D eigenvalue weighted by Gasteiger charge is -1.96. The molecule has 0 unspecified atom stereocenters. The Morgan fingerprint density at radius 3 is 2.42 bits per heavy atom. The van der Waals surface area contributed by atoms with Gasteiger partial charge in [-0.05, 0) is 17.7 Å². The first-order valence-electron chi connectivity index (χ1n) is 3.49. The molecule has 1 nitrogen and oxygen atoms in total. The van der Waals surface area contributed by atoms with Gasteiger partial charge in [-0.15, -0.1) is 19.1 Å². The van der Waals surface area contributed by atoms with Crippen LogP contribution in [0.5, 0.6) is 0 Å². The van der Waals surface area contributed by atoms with Crippen LogP contribution in [0.4, 0.5) is 0 Å². The Bertz CT molecular complexity index is 319. The van der Waals surface area contributed by atoms with Crippen LogP contribution >= 0.6 is 12.6 Å². The van der Waals surface area contributed by atoms with E-state index in [0.29, 0.717) is 6.42 Å². The van der Waals surface area contributed by atoms with Gasteiger partial charge < -0.3 is 0 Å². The van der Waals surface area contributed by atoms with Crippen LogP contribution in [0.25, 0.3) is 0 Å². The molecule has 1 aromatic carbocycles. The Morgan fingerprint density at radius 1 is 1.42 bits per heavy atom. The summed E-state index contributed by atoms with van der Waals surface area (Å²) in [6, 6.07) is 7.30. The monoisotopic (exact) mass is 176 g/mol. The molecule has 0 amide bonds. The molecule has 0 aromatic heterocycles. The van der Waals surface area contributed by atoms with Crippen molar-refractivity contribution >= 4 is 17.7 Å². The molecule has 0 saturated carbocycles. The van der Waals surface area contributed by atoms with Crippen LogP contribution in [-0.4, -0.2) is 5.12 Å². The molecular weight excluding hydrogens is 168 g/mol. The molecule has 0 aliphatic heterocycles. The van der Waals surface area contributed by atoms with Crippen molar-refractivity contribution in [3.05, 3.63) is 35.4 Å². The molecular formula is C10H8OS. The average molecular weight is 176 g/mol. The van der Waals surface area contributed by atoms with E-state index >= 15 is 0 Å². The van der Waals surface area contributed by atoms with E-state index < -0.39 is 0 Å². The highest BCUT2D eigenvalue weighted by Crippen LogP contribution is 2.04. The number of hydrogen-bond acceptors (Lipinski definition) is 1. The van der Waals surface area contributed by atoms with E-state index in [-0.39, 0.29) is 5.12 Å². The average Bonchev–Trinajstić information content (AvgIpc) is 2.05. The highest BCUT2D eigenvalue weighted by molar-refractivity contribution is 7.96. The van der Waals surface area contributed by atoms with E-state index in [9.17, 15) is 4.79 Å². The number of thiol groups is 1. The van der Waals surface area contributed by atoms with Crippen LogP contribution in [0.1, 0.15) is 11.1 Å². The minimum atomic E-state index is -0.136. The fourth-order valence-electron chi connectivity index (χ4n) is 0.893. The third-order valence-corrected chi connectivity index (χ3v) is 1.63. The molecule has 0 aliphatic carbocycles. The highest BCUT2D eigenvalue weighted by atomic mass is 32.1. The van der Waals surface area contributed by atoms with Gasteiger partial charge in [-0.2, -0.15) is 0 Å². The Balaban J connectivity index is 2.80. The standard InChI is InChI=1S/C10H8OS/c1-2-8-3-5-9(6-4-8)7-10(11)12/h1,3-6H,7H2,(H,11,12). The molecule has 1 aromatic rings. The molecule has 0 N–H and O–H groups in total. The molecule has 1 rings (SSSR count). The summed E-state index contributed by atoms with van der Waals surface area (Å²) in [6.45, 7) is 0. The van der Waals surface area contributed by atoms with Gasteiger partial charge in [0.2, 0.25) is 0 Å². The van der Waals surface area contributed by atoms with Crippen molar-refractivity contribution in [1.82, 2.24) is 0 Å². The minimum absolute atomic E-state index is 0.136. The predicted molar refractivity (Wildman–Crippen MR) is 52.1 cm³/mol. The molecule has 0 atom stereocenters. The van der Waals surface area contributed by atoms with E-state index in [1.54, 1.807) is 0 Å². The van der Waals surface area contributed by atoms with Crippen LogP contribution < -0.4 is 0 Å². The van der Waals surface area contributed by atoms with Gasteiger partial charge in [0, 0.05) is 12.0 Å². The van der Waals surface area contributed by atoms with Gasteiger partial charge in [0.1, 0.15) is 0 Å². The lowest BCUT2D eigenvalue weighted by atomic mass is 10.1. The van der Waals surface area contributed by atoms with Crippen molar-refractivity contribution in [2.45, 2.75) is 6.42 Å². The van der Waals surface area contributed by atoms with Crippen molar-refractivity contribution in [3.8, 4) is 12.3 Å². The molecule has 0 bridgehead atoms. The molecule has 0 spiro atoms. The zero-order valence-electron chi connectivity index (χ0n) is 6.45. The predicted octanol–water partition coefficient (Wildman–Crippen LogP) is 1.67. The molecule has 0 radical (unpaired) electrons. The summed E-state index contributed by atoms with van der Waals surface area (Å²) >= 11 is 3.68. The quantitative estimate of drug-likeness (QED) is 0.536. The fourth-order valence-corrected chi connectivity index (χ4v) is 1.08. The molecule has 2 heteroatoms. The number of carbonyl (C=O) groups excluding carboxylic acids is 1. The fraction of sp³-hybridized carbons (Fsp3) is 0.100. The number of carbonyl (C=O) groups is 1. The van der Waals surface area contributed by atoms with Crippen molar-refractivity contribution in [2.75, 3.05) is 0 Å². The van der Waals surface area contributed by atoms with Crippen LogP contribution in [0.3, 0.4) is 0 Å². The first-order valence-corrected chi connectivity index (χ1v) is 3.94. The SMILES string of the molecule is C#Cc1ccc(CC(=O)S)cc1. The van der Waals surface area contributed by atoms with Gasteiger partial charge in [-0.1, -0.05) is 18.1 Å². The number of rotatable bonds is 2. The summed E-state index contributed by atoms with van der Waals surface area (Å²) in [5.74, 6) is 2.50. The molecule has 0 saturated heterocycles. The molecule has 0 aliphatic rings. The Hall–Kier alpha value is -1.20. The third kappa shape index (κ3) is 2.44. The Labute approximate surface area is 77.2 Å². The first kappa shape index (κ1) is 8.89. The summed E-state index contributed by atoms with van der Waals surface area (Å²) < 4.78 is 0. The zero-order chi connectivity index (χ0) is 8.97. The summed E-state index contributed by atoms with van der Waals surface area (Å²) in [4.78, 5) is 10.6. The van der Waals surface area contributed by atoms with Gasteiger partial charge in [-0.3, -0.25) is 4.79 Å². The smallest absolute Gasteiger partial charge is 0.190 e. The zero-order valence-corrected chi connectivity index (χ0v) is 7.34. The Morgan fingerprint density at radius 2 is 2.00 bits per heavy atom. The van der Waals surface area contributed by atoms with Crippen molar-refractivity contribution in [3.63, 3.8) is 0 Å². The van der Waals surface area contributed by atoms with Gasteiger partial charge in [0.15, 0.2) is 5.12 Å². The second kappa shape index (κ2) is 3.99. The van der Waals surface area contributed by atoms with E-state index in [0.717, 1.165) is 11.1 Å². The van der Waals surface area contributed by atoms with Gasteiger partial charge in [0.25, 0.3) is 0 Å². The highest BCUT2D eigenvalue weighted by Gasteiger charge is 1.96. The number of benzene rings is 1. The van der Waals surface area contributed by atoms with E-state index in [2.05, 4.69) is 18.5 Å². The molecule has 12 heavy (non-hydrogen) atoms. The van der Waals surface area contributed by atoms with E-state index in [1.807, 2.05) is 24.3 Å². The van der Waals surface area contributed by atoms with Crippen LogP contribution in [-0.2, 0) is 11.2 Å². The summed E-state index contributed by atoms with van der Waals surface area (Å²) in [7, 11) is 0. The molecule has 0 fully saturated rings.